The zero-order valence-corrected chi connectivity index (χ0v) is 15.6. The maximum Gasteiger partial charge on any atom is 0.469 e. The molecule has 0 radical (unpaired) electrons. The van der Waals surface area contributed by atoms with Gasteiger partial charge in [-0.15, -0.1) is 0 Å². The molecule has 2 aromatic heterocycles. The van der Waals surface area contributed by atoms with Crippen LogP contribution in [0.4, 0.5) is 5.82 Å². The van der Waals surface area contributed by atoms with Gasteiger partial charge in [0.1, 0.15) is 18.7 Å². The van der Waals surface area contributed by atoms with Gasteiger partial charge in [-0.05, 0) is 0 Å². The Balaban J connectivity index is 1.87. The van der Waals surface area contributed by atoms with E-state index in [0.29, 0.717) is 17.0 Å². The van der Waals surface area contributed by atoms with Gasteiger partial charge in [-0.3, -0.25) is 13.7 Å². The van der Waals surface area contributed by atoms with Crippen molar-refractivity contribution >= 4 is 32.6 Å². The first kappa shape index (κ1) is 20.3. The second-order valence-corrected chi connectivity index (χ2v) is 8.22. The summed E-state index contributed by atoms with van der Waals surface area (Å²) in [4.78, 5) is 46.0. The number of ether oxygens (including phenoxy) is 1. The molecule has 27 heavy (non-hydrogen) atoms. The molecule has 4 atom stereocenters. The summed E-state index contributed by atoms with van der Waals surface area (Å²) in [6, 6.07) is 0. The van der Waals surface area contributed by atoms with Gasteiger partial charge in [0.15, 0.2) is 5.52 Å². The van der Waals surface area contributed by atoms with Crippen molar-refractivity contribution in [2.45, 2.75) is 24.9 Å². The summed E-state index contributed by atoms with van der Waals surface area (Å²) >= 11 is 0. The molecular weight excluding hydrogens is 408 g/mol. The molecule has 0 bridgehead atoms. The fourth-order valence-electron chi connectivity index (χ4n) is 2.72. The molecule has 1 saturated heterocycles. The molecule has 0 spiro atoms. The van der Waals surface area contributed by atoms with Crippen LogP contribution < -0.4 is 15.2 Å². The topological polar surface area (TPSA) is 206 Å². The number of phosphoric acid groups is 2. The van der Waals surface area contributed by atoms with Crippen LogP contribution >= 0.6 is 15.6 Å². The number of nitrogens with zero attached hydrogens (tertiary/aromatic N) is 4. The van der Waals surface area contributed by atoms with Crippen molar-refractivity contribution in [1.82, 2.24) is 14.5 Å². The third kappa shape index (κ3) is 4.69. The number of rotatable bonds is 6. The Kier molecular flexibility index (Phi) is 5.38. The molecule has 0 saturated carbocycles. The van der Waals surface area contributed by atoms with E-state index < -0.39 is 40.7 Å². The van der Waals surface area contributed by atoms with Crippen molar-refractivity contribution in [3.63, 3.8) is 0 Å². The van der Waals surface area contributed by atoms with Gasteiger partial charge in [0, 0.05) is 6.42 Å². The van der Waals surface area contributed by atoms with Crippen LogP contribution in [0, 0.1) is 0 Å². The van der Waals surface area contributed by atoms with Gasteiger partial charge in [-0.25, -0.2) is 14.1 Å². The number of phosphoric ester groups is 2. The standard InChI is InChI=1S/C11H17N5O9P2/c1-15-4-14-11-9(10(15)12)13-5-16(11)8-2-6(25-27(20,21)22)7(24-8)3-23-26(17,18)19/h4-8,12H,2-3H2,1H3,(H4,17,18,19,20,21,22)/t6-,7+,8+/m0/s1. The number of hydrogen-bond donors (Lipinski definition) is 4. The molecule has 16 heteroatoms. The maximum atomic E-state index is 11.1. The Morgan fingerprint density at radius 1 is 1.44 bits per heavy atom. The molecule has 1 aliphatic rings. The number of nitrogen functional groups attached to an aromatic ring is 1. The predicted octanol–water partition coefficient (Wildman–Crippen LogP) is -1.92. The normalized spacial score (nSPS) is 25.7. The van der Waals surface area contributed by atoms with Crippen molar-refractivity contribution in [2.75, 3.05) is 12.3 Å². The monoisotopic (exact) mass is 425 g/mol. The van der Waals surface area contributed by atoms with E-state index in [1.807, 2.05) is 0 Å². The van der Waals surface area contributed by atoms with Crippen LogP contribution in [0.25, 0.3) is 11.2 Å². The van der Waals surface area contributed by atoms with Gasteiger partial charge >= 0.3 is 7.82 Å². The summed E-state index contributed by atoms with van der Waals surface area (Å²) in [5, 5.41) is 0. The van der Waals surface area contributed by atoms with Crippen molar-refractivity contribution < 1.29 is 47.1 Å². The van der Waals surface area contributed by atoms with E-state index in [0.717, 1.165) is 0 Å². The van der Waals surface area contributed by atoms with Crippen LogP contribution in [0.5, 0.6) is 0 Å². The lowest BCUT2D eigenvalue weighted by Crippen LogP contribution is -2.32. The second-order valence-electron chi connectivity index (χ2n) is 5.83. The van der Waals surface area contributed by atoms with Crippen molar-refractivity contribution in [1.29, 1.82) is 0 Å². The Labute approximate surface area is 152 Å². The first-order chi connectivity index (χ1) is 12.4. The first-order valence-electron chi connectivity index (χ1n) is 7.49. The molecule has 5 N–H and O–H groups in total. The van der Waals surface area contributed by atoms with Gasteiger partial charge in [0.05, 0.1) is 19.8 Å². The minimum absolute atomic E-state index is 0.0873. The summed E-state index contributed by atoms with van der Waals surface area (Å²) in [5.74, 6) is 0.338. The predicted molar refractivity (Wildman–Crippen MR) is 84.3 cm³/mol. The van der Waals surface area contributed by atoms with E-state index in [9.17, 15) is 14.0 Å². The van der Waals surface area contributed by atoms with Crippen LogP contribution in [0.2, 0.25) is 0 Å². The zero-order chi connectivity index (χ0) is 20.0. The van der Waals surface area contributed by atoms with Crippen LogP contribution in [-0.4, -0.2) is 48.0 Å². The number of anilines is 1. The molecule has 1 fully saturated rings. The number of aryl methyl sites for hydroxylation is 1. The average molecular weight is 425 g/mol. The SMILES string of the molecule is C[n+]1cnc2c(ncn2[C@H]2C[C@H](OP(=O)([O-])O)[C@@H](COP(=O)(O)O)O2)c1N. The molecule has 0 amide bonds. The first-order valence-corrected chi connectivity index (χ1v) is 10.5. The van der Waals surface area contributed by atoms with E-state index in [1.54, 1.807) is 11.6 Å². The van der Waals surface area contributed by atoms with E-state index >= 15 is 0 Å². The molecule has 3 heterocycles. The fourth-order valence-corrected chi connectivity index (χ4v) is 3.62. The Hall–Kier alpha value is -1.47. The Bertz CT molecular complexity index is 940. The highest BCUT2D eigenvalue weighted by atomic mass is 31.2. The van der Waals surface area contributed by atoms with E-state index in [2.05, 4.69) is 19.0 Å². The Morgan fingerprint density at radius 3 is 2.78 bits per heavy atom. The number of nitrogens with two attached hydrogens (primary N) is 1. The molecular formula is C11H17N5O9P2. The van der Waals surface area contributed by atoms with Gasteiger partial charge in [-0.1, -0.05) is 4.98 Å². The van der Waals surface area contributed by atoms with E-state index in [4.69, 9.17) is 25.2 Å². The van der Waals surface area contributed by atoms with Gasteiger partial charge < -0.3 is 34.6 Å². The number of fused-ring (bicyclic) bond motifs is 1. The zero-order valence-electron chi connectivity index (χ0n) is 13.9. The number of imidazole rings is 1. The third-order valence-corrected chi connectivity index (χ3v) is 4.93. The second kappa shape index (κ2) is 7.17. The summed E-state index contributed by atoms with van der Waals surface area (Å²) in [7, 11) is -8.27. The highest BCUT2D eigenvalue weighted by Gasteiger charge is 2.41. The Morgan fingerprint density at radius 2 is 2.15 bits per heavy atom. The minimum Gasteiger partial charge on any atom is -0.756 e. The third-order valence-electron chi connectivity index (χ3n) is 3.91. The molecule has 3 rings (SSSR count). The van der Waals surface area contributed by atoms with E-state index in [1.165, 1.54) is 17.2 Å². The molecule has 0 aliphatic carbocycles. The minimum atomic E-state index is -5.13. The molecule has 1 aliphatic heterocycles. The van der Waals surface area contributed by atoms with Crippen LogP contribution in [-0.2, 0) is 30.0 Å². The maximum absolute atomic E-state index is 11.1. The molecule has 1 unspecified atom stereocenters. The van der Waals surface area contributed by atoms with Crippen LogP contribution in [0.3, 0.4) is 0 Å². The van der Waals surface area contributed by atoms with Crippen molar-refractivity contribution in [3.8, 4) is 0 Å². The van der Waals surface area contributed by atoms with Gasteiger partial charge in [0.25, 0.3) is 13.6 Å². The lowest BCUT2D eigenvalue weighted by atomic mass is 10.2. The van der Waals surface area contributed by atoms with E-state index in [-0.39, 0.29) is 6.42 Å². The smallest absolute Gasteiger partial charge is 0.469 e. The largest absolute Gasteiger partial charge is 0.756 e. The van der Waals surface area contributed by atoms with Crippen molar-refractivity contribution in [2.24, 2.45) is 7.05 Å². The van der Waals surface area contributed by atoms with Gasteiger partial charge in [-0.2, -0.15) is 0 Å². The number of hydrogen-bond acceptors (Lipinski definition) is 9. The highest BCUT2D eigenvalue weighted by molar-refractivity contribution is 7.46. The average Bonchev–Trinajstić information content (AvgIpc) is 3.11. The lowest BCUT2D eigenvalue weighted by Gasteiger charge is -2.24. The lowest BCUT2D eigenvalue weighted by molar-refractivity contribution is -0.658. The molecule has 0 aromatic carbocycles. The molecule has 14 nitrogen and oxygen atoms in total. The van der Waals surface area contributed by atoms with Crippen LogP contribution in [0.15, 0.2) is 12.7 Å². The summed E-state index contributed by atoms with van der Waals surface area (Å²) in [6.45, 7) is -0.664. The molecule has 150 valence electrons. The molecule has 2 aromatic rings. The quantitative estimate of drug-likeness (QED) is 0.295. The highest BCUT2D eigenvalue weighted by Crippen LogP contribution is 2.43. The summed E-state index contributed by atoms with van der Waals surface area (Å²) in [5.41, 5.74) is 6.66. The number of aromatic nitrogens is 4. The van der Waals surface area contributed by atoms with Crippen LogP contribution in [0.1, 0.15) is 12.6 Å². The van der Waals surface area contributed by atoms with Crippen molar-refractivity contribution in [3.05, 3.63) is 12.7 Å². The summed E-state index contributed by atoms with van der Waals surface area (Å²) in [6.07, 6.45) is -0.548. The fraction of sp³-hybridized carbons (Fsp3) is 0.545. The summed E-state index contributed by atoms with van der Waals surface area (Å²) < 4.78 is 39.6. The van der Waals surface area contributed by atoms with Gasteiger partial charge in [0.2, 0.25) is 12.0 Å².